The Hall–Kier alpha value is -0.710. The lowest BCUT2D eigenvalue weighted by Crippen LogP contribution is -2.46. The summed E-state index contributed by atoms with van der Waals surface area (Å²) >= 11 is 1.83. The van der Waals surface area contributed by atoms with Crippen LogP contribution in [-0.4, -0.2) is 28.9 Å². The number of hydrogen-bond acceptors (Lipinski definition) is 3. The van der Waals surface area contributed by atoms with Crippen molar-refractivity contribution in [3.63, 3.8) is 0 Å². The molecule has 18 heavy (non-hydrogen) atoms. The standard InChI is InChI=1S/C13H23N3OS/c1-10-4-6-13(7-5-10)9-18-12(16-13)15-8-2-3-11(14)17/h10H,2-9H2,1H3,(H2,14,17)(H,15,16). The highest BCUT2D eigenvalue weighted by Gasteiger charge is 2.39. The van der Waals surface area contributed by atoms with Crippen molar-refractivity contribution in [1.82, 2.24) is 5.32 Å². The molecule has 1 spiro atoms. The predicted molar refractivity (Wildman–Crippen MR) is 76.7 cm³/mol. The van der Waals surface area contributed by atoms with Gasteiger partial charge in [0.1, 0.15) is 0 Å². The molecule has 1 aliphatic heterocycles. The third-order valence-corrected chi connectivity index (χ3v) is 5.13. The van der Waals surface area contributed by atoms with E-state index in [1.54, 1.807) is 0 Å². The Balaban J connectivity index is 1.77. The molecule has 2 rings (SSSR count). The number of amidine groups is 1. The fraction of sp³-hybridized carbons (Fsp3) is 0.846. The molecule has 0 aromatic rings. The molecule has 0 aromatic carbocycles. The van der Waals surface area contributed by atoms with E-state index in [-0.39, 0.29) is 5.91 Å². The van der Waals surface area contributed by atoms with Gasteiger partial charge in [0.2, 0.25) is 5.91 Å². The van der Waals surface area contributed by atoms with E-state index in [9.17, 15) is 4.79 Å². The highest BCUT2D eigenvalue weighted by molar-refractivity contribution is 8.14. The summed E-state index contributed by atoms with van der Waals surface area (Å²) in [4.78, 5) is 15.1. The number of carbonyl (C=O) groups excluding carboxylic acids is 1. The molecule has 1 saturated heterocycles. The molecule has 0 unspecified atom stereocenters. The predicted octanol–water partition coefficient (Wildman–Crippen LogP) is 1.89. The van der Waals surface area contributed by atoms with Crippen molar-refractivity contribution < 1.29 is 4.79 Å². The summed E-state index contributed by atoms with van der Waals surface area (Å²) in [5.74, 6) is 1.79. The van der Waals surface area contributed by atoms with Gasteiger partial charge in [0.15, 0.2) is 5.17 Å². The van der Waals surface area contributed by atoms with Gasteiger partial charge in [-0.25, -0.2) is 0 Å². The summed E-state index contributed by atoms with van der Waals surface area (Å²) in [5.41, 5.74) is 5.41. The number of hydrogen-bond donors (Lipinski definition) is 2. The quantitative estimate of drug-likeness (QED) is 0.766. The van der Waals surface area contributed by atoms with Gasteiger partial charge in [0.05, 0.1) is 0 Å². The molecule has 1 aliphatic carbocycles. The van der Waals surface area contributed by atoms with E-state index in [0.717, 1.165) is 23.3 Å². The number of rotatable bonds is 4. The zero-order valence-corrected chi connectivity index (χ0v) is 11.9. The van der Waals surface area contributed by atoms with Gasteiger partial charge in [-0.15, -0.1) is 0 Å². The van der Waals surface area contributed by atoms with E-state index in [1.807, 2.05) is 11.8 Å². The fourth-order valence-electron chi connectivity index (χ4n) is 2.61. The minimum atomic E-state index is -0.236. The summed E-state index contributed by atoms with van der Waals surface area (Å²) < 4.78 is 0. The minimum absolute atomic E-state index is 0.236. The van der Waals surface area contributed by atoms with Crippen LogP contribution >= 0.6 is 11.8 Å². The summed E-state index contributed by atoms with van der Waals surface area (Å²) in [6.07, 6.45) is 6.36. The van der Waals surface area contributed by atoms with Gasteiger partial charge in [-0.2, -0.15) is 0 Å². The molecular formula is C13H23N3OS. The van der Waals surface area contributed by atoms with Crippen molar-refractivity contribution in [3.05, 3.63) is 0 Å². The number of carbonyl (C=O) groups is 1. The smallest absolute Gasteiger partial charge is 0.217 e. The van der Waals surface area contributed by atoms with Gasteiger partial charge in [0.25, 0.3) is 0 Å². The molecule has 1 amide bonds. The van der Waals surface area contributed by atoms with Crippen LogP contribution in [0.1, 0.15) is 45.4 Å². The normalized spacial score (nSPS) is 33.8. The van der Waals surface area contributed by atoms with Crippen molar-refractivity contribution >= 4 is 22.8 Å². The van der Waals surface area contributed by atoms with E-state index >= 15 is 0 Å². The lowest BCUT2D eigenvalue weighted by molar-refractivity contribution is -0.118. The van der Waals surface area contributed by atoms with Gasteiger partial charge in [-0.3, -0.25) is 9.79 Å². The summed E-state index contributed by atoms with van der Waals surface area (Å²) in [5, 5.41) is 4.68. The number of nitrogens with zero attached hydrogens (tertiary/aromatic N) is 1. The fourth-order valence-corrected chi connectivity index (χ4v) is 3.85. The third kappa shape index (κ3) is 3.64. The Kier molecular flexibility index (Phi) is 4.54. The molecule has 0 radical (unpaired) electrons. The summed E-state index contributed by atoms with van der Waals surface area (Å²) in [6, 6.07) is 0. The van der Waals surface area contributed by atoms with E-state index in [4.69, 9.17) is 5.73 Å². The first-order valence-corrected chi connectivity index (χ1v) is 7.82. The third-order valence-electron chi connectivity index (χ3n) is 3.93. The number of thioether (sulfide) groups is 1. The Labute approximate surface area is 113 Å². The van der Waals surface area contributed by atoms with E-state index in [1.165, 1.54) is 25.7 Å². The van der Waals surface area contributed by atoms with E-state index < -0.39 is 0 Å². The molecule has 5 heteroatoms. The highest BCUT2D eigenvalue weighted by Crippen LogP contribution is 2.38. The Bertz CT molecular complexity index is 335. The van der Waals surface area contributed by atoms with Crippen LogP contribution in [0.2, 0.25) is 0 Å². The molecular weight excluding hydrogens is 246 g/mol. The van der Waals surface area contributed by atoms with Gasteiger partial charge >= 0.3 is 0 Å². The first-order chi connectivity index (χ1) is 8.60. The number of aliphatic imine (C=N–C) groups is 1. The lowest BCUT2D eigenvalue weighted by atomic mass is 9.78. The summed E-state index contributed by atoms with van der Waals surface area (Å²) in [7, 11) is 0. The molecule has 0 aromatic heterocycles. The van der Waals surface area contributed by atoms with Crippen molar-refractivity contribution in [2.24, 2.45) is 16.6 Å². The second-order valence-electron chi connectivity index (χ2n) is 5.63. The van der Waals surface area contributed by atoms with E-state index in [0.29, 0.717) is 18.5 Å². The minimum Gasteiger partial charge on any atom is -0.370 e. The van der Waals surface area contributed by atoms with Crippen LogP contribution in [0, 0.1) is 5.92 Å². The average molecular weight is 269 g/mol. The SMILES string of the molecule is CC1CCC2(CC1)CSC(=NCCCC(N)=O)N2. The van der Waals surface area contributed by atoms with Crippen molar-refractivity contribution in [2.45, 2.75) is 51.0 Å². The number of nitrogens with two attached hydrogens (primary N) is 1. The molecule has 0 bridgehead atoms. The first-order valence-electron chi connectivity index (χ1n) is 6.83. The summed E-state index contributed by atoms with van der Waals surface area (Å²) in [6.45, 7) is 3.04. The first kappa shape index (κ1) is 13.7. The molecule has 4 nitrogen and oxygen atoms in total. The van der Waals surface area contributed by atoms with Gasteiger partial charge in [0, 0.05) is 24.3 Å². The Morgan fingerprint density at radius 2 is 2.28 bits per heavy atom. The molecule has 1 saturated carbocycles. The number of amides is 1. The van der Waals surface area contributed by atoms with Crippen LogP contribution in [0.5, 0.6) is 0 Å². The number of nitrogens with one attached hydrogen (secondary N) is 1. The topological polar surface area (TPSA) is 67.5 Å². The Morgan fingerprint density at radius 1 is 1.56 bits per heavy atom. The average Bonchev–Trinajstić information content (AvgIpc) is 2.73. The maximum atomic E-state index is 10.6. The largest absolute Gasteiger partial charge is 0.370 e. The van der Waals surface area contributed by atoms with Crippen LogP contribution in [0.15, 0.2) is 4.99 Å². The molecule has 102 valence electrons. The molecule has 0 atom stereocenters. The second-order valence-corrected chi connectivity index (χ2v) is 6.60. The number of primary amides is 1. The maximum Gasteiger partial charge on any atom is 0.217 e. The molecule has 3 N–H and O–H groups in total. The van der Waals surface area contributed by atoms with Crippen LogP contribution in [0.25, 0.3) is 0 Å². The van der Waals surface area contributed by atoms with Crippen molar-refractivity contribution in [2.75, 3.05) is 12.3 Å². The second kappa shape index (κ2) is 5.95. The van der Waals surface area contributed by atoms with Crippen LogP contribution < -0.4 is 11.1 Å². The zero-order chi connectivity index (χ0) is 13.0. The van der Waals surface area contributed by atoms with Crippen LogP contribution in [0.3, 0.4) is 0 Å². The lowest BCUT2D eigenvalue weighted by Gasteiger charge is -2.35. The molecule has 1 heterocycles. The Morgan fingerprint density at radius 3 is 2.94 bits per heavy atom. The van der Waals surface area contributed by atoms with Gasteiger partial charge in [-0.05, 0) is 38.0 Å². The van der Waals surface area contributed by atoms with Crippen molar-refractivity contribution in [1.29, 1.82) is 0 Å². The van der Waals surface area contributed by atoms with Crippen molar-refractivity contribution in [3.8, 4) is 0 Å². The maximum absolute atomic E-state index is 10.6. The van der Waals surface area contributed by atoms with Gasteiger partial charge < -0.3 is 11.1 Å². The molecule has 2 aliphatic rings. The highest BCUT2D eigenvalue weighted by atomic mass is 32.2. The van der Waals surface area contributed by atoms with Crippen LogP contribution in [0.4, 0.5) is 0 Å². The molecule has 2 fully saturated rings. The van der Waals surface area contributed by atoms with E-state index in [2.05, 4.69) is 17.2 Å². The van der Waals surface area contributed by atoms with Gasteiger partial charge in [-0.1, -0.05) is 18.7 Å². The zero-order valence-electron chi connectivity index (χ0n) is 11.1. The monoisotopic (exact) mass is 269 g/mol. The van der Waals surface area contributed by atoms with Crippen LogP contribution in [-0.2, 0) is 4.79 Å².